The van der Waals surface area contributed by atoms with Gasteiger partial charge in [-0.1, -0.05) is 18.2 Å². The summed E-state index contributed by atoms with van der Waals surface area (Å²) in [7, 11) is 0. The highest BCUT2D eigenvalue weighted by Gasteiger charge is 2.03. The molecule has 7 nitrogen and oxygen atoms in total. The van der Waals surface area contributed by atoms with Gasteiger partial charge in [-0.3, -0.25) is 14.9 Å². The Morgan fingerprint density at radius 1 is 0.867 bits per heavy atom. The Morgan fingerprint density at radius 3 is 2.07 bits per heavy atom. The van der Waals surface area contributed by atoms with E-state index in [1.807, 2.05) is 30.3 Å². The van der Waals surface area contributed by atoms with Crippen LogP contribution in [-0.2, 0) is 4.79 Å². The summed E-state index contributed by atoms with van der Waals surface area (Å²) in [5.74, 6) is 1.16. The van der Waals surface area contributed by atoms with Gasteiger partial charge in [0.2, 0.25) is 5.91 Å². The fraction of sp³-hybridized carbons (Fsp3) is 0.0870. The fourth-order valence-electron chi connectivity index (χ4n) is 2.53. The largest absolute Gasteiger partial charge is 0.490 e. The van der Waals surface area contributed by atoms with Gasteiger partial charge in [-0.15, -0.1) is 0 Å². The quantitative estimate of drug-likeness (QED) is 0.241. The van der Waals surface area contributed by atoms with Crippen LogP contribution in [0.4, 0.5) is 11.4 Å². The molecule has 1 amide bonds. The van der Waals surface area contributed by atoms with E-state index in [1.54, 1.807) is 42.5 Å². The molecule has 0 heterocycles. The fourth-order valence-corrected chi connectivity index (χ4v) is 2.53. The molecule has 0 unspecified atom stereocenters. The molecule has 3 aromatic carbocycles. The van der Waals surface area contributed by atoms with E-state index >= 15 is 0 Å². The van der Waals surface area contributed by atoms with E-state index in [-0.39, 0.29) is 11.6 Å². The first-order valence-corrected chi connectivity index (χ1v) is 9.24. The molecule has 0 aliphatic rings. The number of nitrogens with zero attached hydrogens (tertiary/aromatic N) is 1. The minimum atomic E-state index is -0.468. The molecule has 0 saturated heterocycles. The first-order valence-electron chi connectivity index (χ1n) is 9.24. The van der Waals surface area contributed by atoms with Crippen LogP contribution in [0, 0.1) is 10.1 Å². The van der Waals surface area contributed by atoms with Crippen LogP contribution in [0.5, 0.6) is 11.5 Å². The van der Waals surface area contributed by atoms with Crippen molar-refractivity contribution in [2.75, 3.05) is 18.5 Å². The number of hydrogen-bond donors (Lipinski definition) is 1. The first-order chi connectivity index (χ1) is 14.6. The number of benzene rings is 3. The lowest BCUT2D eigenvalue weighted by atomic mass is 10.2. The zero-order valence-corrected chi connectivity index (χ0v) is 16.1. The van der Waals surface area contributed by atoms with E-state index in [4.69, 9.17) is 9.47 Å². The summed E-state index contributed by atoms with van der Waals surface area (Å²) in [5.41, 5.74) is 1.32. The Balaban J connectivity index is 1.43. The van der Waals surface area contributed by atoms with E-state index < -0.39 is 4.92 Å². The maximum absolute atomic E-state index is 12.0. The molecule has 0 aliphatic heterocycles. The average molecular weight is 404 g/mol. The number of nitrogens with one attached hydrogen (secondary N) is 1. The third kappa shape index (κ3) is 6.49. The third-order valence-corrected chi connectivity index (χ3v) is 4.02. The number of amides is 1. The van der Waals surface area contributed by atoms with Gasteiger partial charge in [-0.25, -0.2) is 0 Å². The van der Waals surface area contributed by atoms with Crippen LogP contribution >= 0.6 is 0 Å². The minimum absolute atomic E-state index is 0.00513. The molecule has 0 spiro atoms. The first kappa shape index (κ1) is 20.6. The molecule has 30 heavy (non-hydrogen) atoms. The molecule has 0 fully saturated rings. The Bertz CT molecular complexity index is 1000. The number of ether oxygens (including phenoxy) is 2. The predicted molar refractivity (Wildman–Crippen MR) is 115 cm³/mol. The molecular weight excluding hydrogens is 384 g/mol. The molecule has 3 aromatic rings. The minimum Gasteiger partial charge on any atom is -0.490 e. The summed E-state index contributed by atoms with van der Waals surface area (Å²) >= 11 is 0. The van der Waals surface area contributed by atoms with E-state index in [0.29, 0.717) is 30.2 Å². The van der Waals surface area contributed by atoms with Crippen LogP contribution in [0.15, 0.2) is 84.9 Å². The van der Waals surface area contributed by atoms with E-state index in [2.05, 4.69) is 5.32 Å². The zero-order valence-electron chi connectivity index (χ0n) is 16.1. The van der Waals surface area contributed by atoms with Crippen molar-refractivity contribution < 1.29 is 19.2 Å². The molecule has 3 rings (SSSR count). The van der Waals surface area contributed by atoms with Crippen molar-refractivity contribution in [3.63, 3.8) is 0 Å². The zero-order chi connectivity index (χ0) is 21.2. The van der Waals surface area contributed by atoms with Gasteiger partial charge >= 0.3 is 0 Å². The summed E-state index contributed by atoms with van der Waals surface area (Å²) in [5, 5.41) is 13.4. The number of carbonyl (C=O) groups is 1. The van der Waals surface area contributed by atoms with Crippen molar-refractivity contribution in [3.05, 3.63) is 101 Å². The van der Waals surface area contributed by atoms with Crippen molar-refractivity contribution in [2.45, 2.75) is 0 Å². The molecule has 0 bridgehead atoms. The molecular formula is C23H20N2O5. The topological polar surface area (TPSA) is 90.7 Å². The van der Waals surface area contributed by atoms with Gasteiger partial charge in [0.1, 0.15) is 24.7 Å². The van der Waals surface area contributed by atoms with Crippen LogP contribution in [0.1, 0.15) is 5.56 Å². The van der Waals surface area contributed by atoms with Crippen molar-refractivity contribution in [1.29, 1.82) is 0 Å². The summed E-state index contributed by atoms with van der Waals surface area (Å²) in [4.78, 5) is 22.2. The lowest BCUT2D eigenvalue weighted by molar-refractivity contribution is -0.384. The van der Waals surface area contributed by atoms with Gasteiger partial charge in [0, 0.05) is 23.9 Å². The Kier molecular flexibility index (Phi) is 7.16. The van der Waals surface area contributed by atoms with E-state index in [1.165, 1.54) is 18.2 Å². The number of nitro groups is 1. The monoisotopic (exact) mass is 404 g/mol. The van der Waals surface area contributed by atoms with Gasteiger partial charge < -0.3 is 14.8 Å². The van der Waals surface area contributed by atoms with Gasteiger partial charge in [0.05, 0.1) is 4.92 Å². The van der Waals surface area contributed by atoms with Crippen LogP contribution in [0.2, 0.25) is 0 Å². The highest BCUT2D eigenvalue weighted by molar-refractivity contribution is 6.01. The molecule has 1 N–H and O–H groups in total. The van der Waals surface area contributed by atoms with Crippen molar-refractivity contribution in [3.8, 4) is 11.5 Å². The summed E-state index contributed by atoms with van der Waals surface area (Å²) in [6, 6.07) is 22.4. The number of anilines is 1. The van der Waals surface area contributed by atoms with Crippen LogP contribution in [-0.4, -0.2) is 24.0 Å². The second kappa shape index (κ2) is 10.4. The van der Waals surface area contributed by atoms with Crippen LogP contribution in [0.3, 0.4) is 0 Å². The van der Waals surface area contributed by atoms with E-state index in [9.17, 15) is 14.9 Å². The Hall–Kier alpha value is -4.13. The van der Waals surface area contributed by atoms with Gasteiger partial charge in [-0.05, 0) is 60.2 Å². The molecule has 152 valence electrons. The Labute approximate surface area is 173 Å². The summed E-state index contributed by atoms with van der Waals surface area (Å²) in [6.07, 6.45) is 2.95. The third-order valence-electron chi connectivity index (χ3n) is 4.02. The summed E-state index contributed by atoms with van der Waals surface area (Å²) in [6.45, 7) is 0.828. The van der Waals surface area contributed by atoms with Crippen molar-refractivity contribution >= 4 is 23.4 Å². The highest BCUT2D eigenvalue weighted by Crippen LogP contribution is 2.17. The van der Waals surface area contributed by atoms with Crippen LogP contribution < -0.4 is 14.8 Å². The molecule has 0 radical (unpaired) electrons. The van der Waals surface area contributed by atoms with Gasteiger partial charge in [-0.2, -0.15) is 0 Å². The predicted octanol–water partition coefficient (Wildman–Crippen LogP) is 4.70. The van der Waals surface area contributed by atoms with Crippen molar-refractivity contribution in [1.82, 2.24) is 0 Å². The number of non-ortho nitro benzene ring substituents is 1. The maximum atomic E-state index is 12.0. The average Bonchev–Trinajstić information content (AvgIpc) is 2.77. The highest BCUT2D eigenvalue weighted by atomic mass is 16.6. The molecule has 0 atom stereocenters. The normalized spacial score (nSPS) is 10.5. The summed E-state index contributed by atoms with van der Waals surface area (Å²) < 4.78 is 11.2. The Morgan fingerprint density at radius 2 is 1.47 bits per heavy atom. The number of nitro benzene ring substituents is 1. The molecule has 7 heteroatoms. The number of carbonyl (C=O) groups excluding carboxylic acids is 1. The number of para-hydroxylation sites is 1. The van der Waals surface area contributed by atoms with Crippen LogP contribution in [0.25, 0.3) is 6.08 Å². The molecule has 0 aliphatic carbocycles. The second-order valence-electron chi connectivity index (χ2n) is 6.21. The second-order valence-corrected chi connectivity index (χ2v) is 6.21. The van der Waals surface area contributed by atoms with E-state index in [0.717, 1.165) is 5.75 Å². The smallest absolute Gasteiger partial charge is 0.269 e. The van der Waals surface area contributed by atoms with Gasteiger partial charge in [0.15, 0.2) is 0 Å². The lowest BCUT2D eigenvalue weighted by Crippen LogP contribution is -2.09. The number of rotatable bonds is 9. The van der Waals surface area contributed by atoms with Gasteiger partial charge in [0.25, 0.3) is 5.69 Å². The molecule has 0 aromatic heterocycles. The van der Waals surface area contributed by atoms with Crippen molar-refractivity contribution in [2.24, 2.45) is 0 Å². The maximum Gasteiger partial charge on any atom is 0.269 e. The number of hydrogen-bond acceptors (Lipinski definition) is 5. The SMILES string of the molecule is O=C(/C=C/c1ccc([N+](=O)[O-])cc1)Nc1ccc(OCCOc2ccccc2)cc1. The standard InChI is InChI=1S/C23H20N2O5/c26-23(15-8-18-6-11-20(12-7-18)25(27)28)24-19-9-13-22(14-10-19)30-17-16-29-21-4-2-1-3-5-21/h1-15H,16-17H2,(H,24,26)/b15-8+. The molecule has 0 saturated carbocycles. The lowest BCUT2D eigenvalue weighted by Gasteiger charge is -2.09.